The molecular formula is C45H44IrN4O-2. The fraction of sp³-hybridized carbons (Fsp3) is 0.311. The SMILES string of the molecule is CC1(C)C=C(C2CCCC2)c2cccc3nc(-c4[c-]cccc4)n1c23.Cc1ccc2c(n1)oc1c(-c3cc(CC(C)(C)C)ccn3)[c-]ccc12.[Ir]. The Morgan fingerprint density at radius 1 is 0.902 bits per heavy atom. The van der Waals surface area contributed by atoms with Gasteiger partial charge in [-0.05, 0) is 86.9 Å². The van der Waals surface area contributed by atoms with Crippen molar-refractivity contribution < 1.29 is 24.5 Å². The first kappa shape index (κ1) is 35.0. The van der Waals surface area contributed by atoms with Crippen LogP contribution in [0.5, 0.6) is 0 Å². The van der Waals surface area contributed by atoms with Crippen LogP contribution in [0.3, 0.4) is 0 Å². The number of furan rings is 1. The second kappa shape index (κ2) is 13.6. The van der Waals surface area contributed by atoms with Gasteiger partial charge in [0.1, 0.15) is 0 Å². The van der Waals surface area contributed by atoms with E-state index < -0.39 is 0 Å². The van der Waals surface area contributed by atoms with Crippen LogP contribution in [-0.2, 0) is 32.1 Å². The van der Waals surface area contributed by atoms with E-state index in [2.05, 4.69) is 116 Å². The Morgan fingerprint density at radius 2 is 1.73 bits per heavy atom. The molecule has 0 saturated heterocycles. The number of para-hydroxylation sites is 1. The van der Waals surface area contributed by atoms with Crippen molar-refractivity contribution in [2.45, 2.75) is 79.2 Å². The molecule has 5 nitrogen and oxygen atoms in total. The molecule has 9 rings (SSSR count). The third-order valence-electron chi connectivity index (χ3n) is 10.1. The van der Waals surface area contributed by atoms with Crippen molar-refractivity contribution in [2.24, 2.45) is 11.3 Å². The van der Waals surface area contributed by atoms with Crippen LogP contribution in [0.15, 0.2) is 95.6 Å². The van der Waals surface area contributed by atoms with Gasteiger partial charge in [0, 0.05) is 42.9 Å². The maximum Gasteiger partial charge on any atom is 0.216 e. The van der Waals surface area contributed by atoms with Crippen LogP contribution in [0.2, 0.25) is 0 Å². The largest absolute Gasteiger partial charge is 0.486 e. The molecule has 3 aromatic carbocycles. The van der Waals surface area contributed by atoms with Crippen molar-refractivity contribution in [1.82, 2.24) is 19.5 Å². The van der Waals surface area contributed by atoms with E-state index in [1.807, 2.05) is 43.5 Å². The van der Waals surface area contributed by atoms with Crippen LogP contribution in [0.25, 0.3) is 61.3 Å². The van der Waals surface area contributed by atoms with Crippen LogP contribution < -0.4 is 0 Å². The van der Waals surface area contributed by atoms with Gasteiger partial charge in [-0.1, -0.05) is 74.4 Å². The molecule has 51 heavy (non-hydrogen) atoms. The van der Waals surface area contributed by atoms with E-state index in [4.69, 9.17) is 9.40 Å². The van der Waals surface area contributed by atoms with Crippen LogP contribution in [0.4, 0.5) is 0 Å². The van der Waals surface area contributed by atoms with Crippen LogP contribution in [0.1, 0.15) is 77.1 Å². The van der Waals surface area contributed by atoms with E-state index in [0.29, 0.717) is 11.6 Å². The topological polar surface area (TPSA) is 56.7 Å². The Morgan fingerprint density at radius 3 is 2.49 bits per heavy atom. The molecule has 0 N–H and O–H groups in total. The second-order valence-corrected chi connectivity index (χ2v) is 15.7. The van der Waals surface area contributed by atoms with Gasteiger partial charge in [0.15, 0.2) is 0 Å². The minimum absolute atomic E-state index is 0. The molecule has 1 aliphatic heterocycles. The van der Waals surface area contributed by atoms with E-state index in [1.165, 1.54) is 42.3 Å². The molecule has 6 heteroatoms. The van der Waals surface area contributed by atoms with Crippen molar-refractivity contribution in [3.63, 3.8) is 0 Å². The Hall–Kier alpha value is -4.38. The predicted octanol–water partition coefficient (Wildman–Crippen LogP) is 11.6. The Balaban J connectivity index is 0.000000156. The van der Waals surface area contributed by atoms with E-state index in [1.54, 1.807) is 5.57 Å². The van der Waals surface area contributed by atoms with Crippen LogP contribution in [0, 0.1) is 30.4 Å². The fourth-order valence-electron chi connectivity index (χ4n) is 7.97. The number of pyridine rings is 2. The summed E-state index contributed by atoms with van der Waals surface area (Å²) in [6.45, 7) is 13.3. The monoisotopic (exact) mass is 849 g/mol. The zero-order valence-corrected chi connectivity index (χ0v) is 32.7. The van der Waals surface area contributed by atoms with Crippen LogP contribution >= 0.6 is 0 Å². The van der Waals surface area contributed by atoms with Gasteiger partial charge >= 0.3 is 0 Å². The molecule has 7 aromatic rings. The number of aryl methyl sites for hydroxylation is 1. The maximum absolute atomic E-state index is 6.08. The summed E-state index contributed by atoms with van der Waals surface area (Å²) < 4.78 is 8.50. The smallest absolute Gasteiger partial charge is 0.216 e. The van der Waals surface area contributed by atoms with Gasteiger partial charge in [-0.2, -0.15) is 0 Å². The number of hydrogen-bond donors (Lipinski definition) is 0. The molecule has 2 aliphatic rings. The summed E-state index contributed by atoms with van der Waals surface area (Å²) in [5, 5.41) is 2.08. The average Bonchev–Trinajstić information content (AvgIpc) is 3.85. The number of nitrogens with zero attached hydrogens (tertiary/aromatic N) is 4. The summed E-state index contributed by atoms with van der Waals surface area (Å²) in [5.74, 6) is 1.73. The Bertz CT molecular complexity index is 2390. The van der Waals surface area contributed by atoms with E-state index in [9.17, 15) is 0 Å². The summed E-state index contributed by atoms with van der Waals surface area (Å²) in [6.07, 6.45) is 10.7. The summed E-state index contributed by atoms with van der Waals surface area (Å²) in [7, 11) is 0. The number of hydrogen-bond acceptors (Lipinski definition) is 4. The molecular weight excluding hydrogens is 805 g/mol. The normalized spacial score (nSPS) is 15.5. The molecule has 0 unspecified atom stereocenters. The molecule has 1 fully saturated rings. The van der Waals surface area contributed by atoms with Crippen molar-refractivity contribution >= 4 is 38.7 Å². The Labute approximate surface area is 314 Å². The minimum atomic E-state index is -0.0833. The summed E-state index contributed by atoms with van der Waals surface area (Å²) in [4.78, 5) is 14.1. The van der Waals surface area contributed by atoms with Gasteiger partial charge in [-0.15, -0.1) is 54.1 Å². The van der Waals surface area contributed by atoms with Gasteiger partial charge in [0.2, 0.25) is 5.71 Å². The van der Waals surface area contributed by atoms with Crippen molar-refractivity contribution in [3.05, 3.63) is 120 Å². The number of imidazole rings is 1. The Kier molecular flexibility index (Phi) is 9.37. The maximum atomic E-state index is 6.08. The van der Waals surface area contributed by atoms with Gasteiger partial charge < -0.3 is 14.0 Å². The molecule has 0 spiro atoms. The predicted molar refractivity (Wildman–Crippen MR) is 205 cm³/mol. The van der Waals surface area contributed by atoms with Gasteiger partial charge in [0.05, 0.1) is 28.0 Å². The molecule has 0 bridgehead atoms. The number of allylic oxidation sites excluding steroid dienone is 2. The average molecular weight is 849 g/mol. The molecule has 1 radical (unpaired) electrons. The summed E-state index contributed by atoms with van der Waals surface area (Å²) in [5.41, 5.74) is 12.0. The van der Waals surface area contributed by atoms with E-state index in [0.717, 1.165) is 56.6 Å². The molecule has 261 valence electrons. The standard InChI is InChI=1S/C23H23N2.C22H21N2O.Ir/c1-23(2)15-19(16-9-6-7-10-16)18-13-8-14-20-21(18)25(23)22(24-20)17-11-4-3-5-12-17;1-14-8-9-17-16-6-5-7-18(20(16)25-21(17)24-14)19-12-15(10-11-23-19)13-22(2,3)4;/h3-5,8,11,13-16H,6-7,9-10H2,1-2H3;5-6,8-12H,13H2,1-4H3;/q2*-1;. The third-order valence-corrected chi connectivity index (χ3v) is 10.1. The molecule has 5 heterocycles. The number of benzene rings is 3. The first-order chi connectivity index (χ1) is 24.1. The molecule has 4 aromatic heterocycles. The molecule has 1 saturated carbocycles. The second-order valence-electron chi connectivity index (χ2n) is 15.7. The third kappa shape index (κ3) is 6.72. The molecule has 0 atom stereocenters. The van der Waals surface area contributed by atoms with E-state index in [-0.39, 0.29) is 31.1 Å². The minimum Gasteiger partial charge on any atom is -0.486 e. The van der Waals surface area contributed by atoms with Crippen molar-refractivity contribution in [3.8, 4) is 22.6 Å². The summed E-state index contributed by atoms with van der Waals surface area (Å²) in [6, 6.07) is 33.7. The number of rotatable bonds is 4. The molecule has 1 aliphatic carbocycles. The molecule has 0 amide bonds. The van der Waals surface area contributed by atoms with Crippen molar-refractivity contribution in [1.29, 1.82) is 0 Å². The van der Waals surface area contributed by atoms with Gasteiger partial charge in [0.25, 0.3) is 0 Å². The quantitative estimate of drug-likeness (QED) is 0.166. The zero-order valence-electron chi connectivity index (χ0n) is 30.3. The van der Waals surface area contributed by atoms with Crippen molar-refractivity contribution in [2.75, 3.05) is 0 Å². The number of aromatic nitrogens is 4. The zero-order chi connectivity index (χ0) is 34.6. The van der Waals surface area contributed by atoms with Gasteiger partial charge in [-0.3, -0.25) is 4.98 Å². The van der Waals surface area contributed by atoms with Crippen LogP contribution in [-0.4, -0.2) is 19.5 Å². The first-order valence-corrected chi connectivity index (χ1v) is 17.9. The first-order valence-electron chi connectivity index (χ1n) is 17.9. The van der Waals surface area contributed by atoms with Gasteiger partial charge in [-0.25, -0.2) is 4.98 Å². The summed E-state index contributed by atoms with van der Waals surface area (Å²) >= 11 is 0. The van der Waals surface area contributed by atoms with E-state index >= 15 is 0 Å². The fourth-order valence-corrected chi connectivity index (χ4v) is 7.97. The number of fused-ring (bicyclic) bond motifs is 3.